The van der Waals surface area contributed by atoms with Crippen LogP contribution in [0.25, 0.3) is 0 Å². The summed E-state index contributed by atoms with van der Waals surface area (Å²) in [7, 11) is -3.68. The number of carbonyl (C=O) groups excluding carboxylic acids is 2. The molecule has 0 saturated carbocycles. The minimum absolute atomic E-state index is 0.203. The molecule has 1 aliphatic rings. The van der Waals surface area contributed by atoms with Gasteiger partial charge in [-0.25, -0.2) is 12.7 Å². The van der Waals surface area contributed by atoms with E-state index in [1.54, 1.807) is 24.0 Å². The Hall–Kier alpha value is -3.45. The first-order chi connectivity index (χ1) is 14.9. The van der Waals surface area contributed by atoms with Crippen molar-refractivity contribution < 1.29 is 18.0 Å². The fourth-order valence-electron chi connectivity index (χ4n) is 3.64. The van der Waals surface area contributed by atoms with Crippen molar-refractivity contribution in [2.45, 2.75) is 13.5 Å². The SMILES string of the molecule is C[C@H]1CS(=O)(=O)N(c2ccc(C(=O)N(Cc3ccccc3)c3ccccc3)cc2)C1=O. The molecule has 0 N–H and O–H groups in total. The molecule has 1 aliphatic heterocycles. The van der Waals surface area contributed by atoms with E-state index >= 15 is 0 Å². The maximum absolute atomic E-state index is 13.4. The highest BCUT2D eigenvalue weighted by Gasteiger charge is 2.41. The summed E-state index contributed by atoms with van der Waals surface area (Å²) in [6, 6.07) is 25.2. The Morgan fingerprint density at radius 1 is 0.935 bits per heavy atom. The highest BCUT2D eigenvalue weighted by atomic mass is 32.2. The molecule has 4 rings (SSSR count). The first-order valence-corrected chi connectivity index (χ1v) is 11.6. The van der Waals surface area contributed by atoms with Gasteiger partial charge in [-0.1, -0.05) is 55.5 Å². The predicted octanol–water partition coefficient (Wildman–Crippen LogP) is 3.85. The maximum atomic E-state index is 13.4. The third-order valence-electron chi connectivity index (χ3n) is 5.21. The number of benzene rings is 3. The van der Waals surface area contributed by atoms with E-state index in [9.17, 15) is 18.0 Å². The van der Waals surface area contributed by atoms with Gasteiger partial charge in [-0.2, -0.15) is 0 Å². The van der Waals surface area contributed by atoms with Gasteiger partial charge in [-0.3, -0.25) is 9.59 Å². The molecule has 7 heteroatoms. The number of para-hydroxylation sites is 1. The molecule has 6 nitrogen and oxygen atoms in total. The Balaban J connectivity index is 1.64. The highest BCUT2D eigenvalue weighted by molar-refractivity contribution is 7.94. The minimum Gasteiger partial charge on any atom is -0.304 e. The molecule has 0 spiro atoms. The van der Waals surface area contributed by atoms with E-state index in [0.29, 0.717) is 12.1 Å². The third kappa shape index (κ3) is 4.22. The zero-order valence-corrected chi connectivity index (χ0v) is 17.8. The molecule has 0 aromatic heterocycles. The molecule has 0 aliphatic carbocycles. The second-order valence-corrected chi connectivity index (χ2v) is 9.40. The number of hydrogen-bond donors (Lipinski definition) is 0. The summed E-state index contributed by atoms with van der Waals surface area (Å²) in [6.07, 6.45) is 0. The van der Waals surface area contributed by atoms with Gasteiger partial charge in [0, 0.05) is 11.3 Å². The topological polar surface area (TPSA) is 74.8 Å². The Kier molecular flexibility index (Phi) is 5.61. The lowest BCUT2D eigenvalue weighted by Gasteiger charge is -2.23. The predicted molar refractivity (Wildman–Crippen MR) is 120 cm³/mol. The van der Waals surface area contributed by atoms with E-state index in [4.69, 9.17) is 0 Å². The number of sulfonamides is 1. The number of amides is 2. The number of hydrogen-bond acceptors (Lipinski definition) is 4. The molecule has 1 saturated heterocycles. The molecule has 158 valence electrons. The van der Waals surface area contributed by atoms with Crippen LogP contribution in [0.4, 0.5) is 11.4 Å². The van der Waals surface area contributed by atoms with Crippen LogP contribution in [-0.2, 0) is 21.4 Å². The number of rotatable bonds is 5. The van der Waals surface area contributed by atoms with Gasteiger partial charge in [-0.15, -0.1) is 0 Å². The summed E-state index contributed by atoms with van der Waals surface area (Å²) >= 11 is 0. The Bertz CT molecular complexity index is 1190. The number of carbonyl (C=O) groups is 2. The third-order valence-corrected chi connectivity index (χ3v) is 7.07. The second kappa shape index (κ2) is 8.35. The van der Waals surface area contributed by atoms with Gasteiger partial charge < -0.3 is 4.90 Å². The average molecular weight is 435 g/mol. The maximum Gasteiger partial charge on any atom is 0.258 e. The largest absolute Gasteiger partial charge is 0.304 e. The molecular formula is C24H22N2O4S. The first kappa shape index (κ1) is 20.8. The van der Waals surface area contributed by atoms with Crippen LogP contribution in [0, 0.1) is 5.92 Å². The van der Waals surface area contributed by atoms with E-state index in [1.807, 2.05) is 60.7 Å². The molecule has 2 amide bonds. The van der Waals surface area contributed by atoms with Gasteiger partial charge in [0.1, 0.15) is 0 Å². The van der Waals surface area contributed by atoms with Crippen molar-refractivity contribution in [1.82, 2.24) is 0 Å². The van der Waals surface area contributed by atoms with E-state index < -0.39 is 21.8 Å². The van der Waals surface area contributed by atoms with Gasteiger partial charge in [-0.05, 0) is 42.0 Å². The first-order valence-electron chi connectivity index (χ1n) is 9.94. The lowest BCUT2D eigenvalue weighted by Crippen LogP contribution is -2.31. The lowest BCUT2D eigenvalue weighted by molar-refractivity contribution is -0.119. The number of nitrogens with zero attached hydrogens (tertiary/aromatic N) is 2. The molecule has 3 aromatic carbocycles. The Morgan fingerprint density at radius 2 is 1.52 bits per heavy atom. The molecule has 3 aromatic rings. The van der Waals surface area contributed by atoms with Crippen LogP contribution in [0.1, 0.15) is 22.8 Å². The summed E-state index contributed by atoms with van der Waals surface area (Å²) in [5, 5.41) is 0. The summed E-state index contributed by atoms with van der Waals surface area (Å²) < 4.78 is 25.5. The van der Waals surface area contributed by atoms with E-state index in [0.717, 1.165) is 15.6 Å². The molecule has 0 radical (unpaired) electrons. The molecule has 0 unspecified atom stereocenters. The van der Waals surface area contributed by atoms with Crippen molar-refractivity contribution in [3.63, 3.8) is 0 Å². The van der Waals surface area contributed by atoms with Crippen LogP contribution in [0.5, 0.6) is 0 Å². The minimum atomic E-state index is -3.68. The van der Waals surface area contributed by atoms with Crippen LogP contribution in [-0.4, -0.2) is 26.0 Å². The normalized spacial score (nSPS) is 17.5. The monoisotopic (exact) mass is 434 g/mol. The van der Waals surface area contributed by atoms with Crippen molar-refractivity contribution in [2.75, 3.05) is 15.0 Å². The standard InChI is InChI=1S/C24H22N2O4S/c1-18-17-31(29,30)26(23(18)27)22-14-12-20(13-15-22)24(28)25(21-10-6-3-7-11-21)16-19-8-4-2-5-9-19/h2-15,18H,16-17H2,1H3/t18-/m0/s1. The molecule has 0 bridgehead atoms. The molecule has 1 atom stereocenters. The lowest BCUT2D eigenvalue weighted by atomic mass is 10.1. The smallest absolute Gasteiger partial charge is 0.258 e. The van der Waals surface area contributed by atoms with Crippen LogP contribution in [0.15, 0.2) is 84.9 Å². The summed E-state index contributed by atoms with van der Waals surface area (Å²) in [5.41, 5.74) is 2.39. The van der Waals surface area contributed by atoms with Crippen LogP contribution in [0.2, 0.25) is 0 Å². The summed E-state index contributed by atoms with van der Waals surface area (Å²) in [5.74, 6) is -1.45. The van der Waals surface area contributed by atoms with Gasteiger partial charge in [0.2, 0.25) is 15.9 Å². The fraction of sp³-hybridized carbons (Fsp3) is 0.167. The van der Waals surface area contributed by atoms with Gasteiger partial charge in [0.05, 0.1) is 23.9 Å². The quantitative estimate of drug-likeness (QED) is 0.611. The van der Waals surface area contributed by atoms with Crippen molar-refractivity contribution in [3.05, 3.63) is 96.1 Å². The van der Waals surface area contributed by atoms with Crippen molar-refractivity contribution in [1.29, 1.82) is 0 Å². The van der Waals surface area contributed by atoms with Gasteiger partial charge >= 0.3 is 0 Å². The summed E-state index contributed by atoms with van der Waals surface area (Å²) in [4.78, 5) is 27.3. The summed E-state index contributed by atoms with van der Waals surface area (Å²) in [6.45, 7) is 1.99. The van der Waals surface area contributed by atoms with Gasteiger partial charge in [0.15, 0.2) is 0 Å². The number of anilines is 2. The van der Waals surface area contributed by atoms with Crippen LogP contribution < -0.4 is 9.21 Å². The Morgan fingerprint density at radius 3 is 2.06 bits per heavy atom. The van der Waals surface area contributed by atoms with E-state index in [1.165, 1.54) is 12.1 Å². The second-order valence-electron chi connectivity index (χ2n) is 7.54. The van der Waals surface area contributed by atoms with Crippen molar-refractivity contribution >= 4 is 33.2 Å². The zero-order chi connectivity index (χ0) is 22.0. The van der Waals surface area contributed by atoms with E-state index in [2.05, 4.69) is 0 Å². The Labute approximate surface area is 181 Å². The molecule has 1 heterocycles. The fourth-order valence-corrected chi connectivity index (χ4v) is 5.46. The molecule has 1 fully saturated rings. The van der Waals surface area contributed by atoms with Crippen molar-refractivity contribution in [2.24, 2.45) is 5.92 Å². The average Bonchev–Trinajstić information content (AvgIpc) is 2.99. The van der Waals surface area contributed by atoms with E-state index in [-0.39, 0.29) is 17.3 Å². The molecule has 31 heavy (non-hydrogen) atoms. The van der Waals surface area contributed by atoms with Crippen LogP contribution >= 0.6 is 0 Å². The highest BCUT2D eigenvalue weighted by Crippen LogP contribution is 2.29. The zero-order valence-electron chi connectivity index (χ0n) is 17.0. The van der Waals surface area contributed by atoms with Crippen molar-refractivity contribution in [3.8, 4) is 0 Å². The van der Waals surface area contributed by atoms with Crippen LogP contribution in [0.3, 0.4) is 0 Å². The van der Waals surface area contributed by atoms with Gasteiger partial charge in [0.25, 0.3) is 5.91 Å². The molecular weight excluding hydrogens is 412 g/mol.